The molecule has 0 bridgehead atoms. The number of rotatable bonds is 1. The number of aryl methyl sites for hydroxylation is 1. The molecule has 0 amide bonds. The molecular formula is C12H10N2. The van der Waals surface area contributed by atoms with Gasteiger partial charge in [0.1, 0.15) is 0 Å². The predicted octanol–water partition coefficient (Wildman–Crippen LogP) is 2.07. The van der Waals surface area contributed by atoms with Crippen molar-refractivity contribution in [3.8, 4) is 23.6 Å². The van der Waals surface area contributed by atoms with Crippen LogP contribution in [0, 0.1) is 12.3 Å². The van der Waals surface area contributed by atoms with E-state index in [0.29, 0.717) is 5.82 Å². The average molecular weight is 182 g/mol. The van der Waals surface area contributed by atoms with Gasteiger partial charge in [0, 0.05) is 18.8 Å². The Balaban J connectivity index is 2.50. The topological polar surface area (TPSA) is 17.8 Å². The van der Waals surface area contributed by atoms with E-state index in [4.69, 9.17) is 6.42 Å². The summed E-state index contributed by atoms with van der Waals surface area (Å²) in [7, 11) is 1.90. The van der Waals surface area contributed by atoms with Crippen molar-refractivity contribution >= 4 is 0 Å². The third kappa shape index (κ3) is 1.40. The van der Waals surface area contributed by atoms with E-state index in [1.165, 1.54) is 0 Å². The molecule has 0 spiro atoms. The Kier molecular flexibility index (Phi) is 2.08. The smallest absolute Gasteiger partial charge is 0.185 e. The minimum Gasteiger partial charge on any atom is -0.327 e. The van der Waals surface area contributed by atoms with Crippen LogP contribution in [-0.2, 0) is 7.05 Å². The second-order valence-electron chi connectivity index (χ2n) is 3.07. The van der Waals surface area contributed by atoms with Crippen molar-refractivity contribution in [2.24, 2.45) is 7.05 Å². The van der Waals surface area contributed by atoms with Gasteiger partial charge in [0.15, 0.2) is 5.82 Å². The van der Waals surface area contributed by atoms with Crippen LogP contribution >= 0.6 is 0 Å². The van der Waals surface area contributed by atoms with Crippen molar-refractivity contribution in [3.05, 3.63) is 42.4 Å². The molecule has 1 aromatic carbocycles. The van der Waals surface area contributed by atoms with Crippen molar-refractivity contribution in [2.75, 3.05) is 0 Å². The number of nitrogens with zero attached hydrogens (tertiary/aromatic N) is 2. The standard InChI is InChI=1S/C12H10N2/c1-3-12-13-11(9-14(12)2)10-7-5-4-6-8-10/h1,4-9H,2H3. The first-order valence-corrected chi connectivity index (χ1v) is 4.36. The van der Waals surface area contributed by atoms with Gasteiger partial charge in [0.05, 0.1) is 5.69 Å². The summed E-state index contributed by atoms with van der Waals surface area (Å²) in [6.07, 6.45) is 7.24. The molecule has 2 aromatic rings. The Morgan fingerprint density at radius 2 is 2.00 bits per heavy atom. The summed E-state index contributed by atoms with van der Waals surface area (Å²) >= 11 is 0. The molecule has 2 heteroatoms. The SMILES string of the molecule is C#Cc1nc(-c2ccccc2)cn1C. The number of aromatic nitrogens is 2. The molecule has 1 heterocycles. The highest BCUT2D eigenvalue weighted by atomic mass is 15.0. The number of hydrogen-bond acceptors (Lipinski definition) is 1. The maximum atomic E-state index is 5.31. The highest BCUT2D eigenvalue weighted by molar-refractivity contribution is 5.58. The third-order valence-electron chi connectivity index (χ3n) is 2.08. The lowest BCUT2D eigenvalue weighted by Crippen LogP contribution is -1.88. The maximum Gasteiger partial charge on any atom is 0.185 e. The number of benzene rings is 1. The van der Waals surface area contributed by atoms with E-state index in [0.717, 1.165) is 11.3 Å². The van der Waals surface area contributed by atoms with E-state index < -0.39 is 0 Å². The molecule has 1 aromatic heterocycles. The van der Waals surface area contributed by atoms with Crippen LogP contribution in [0.4, 0.5) is 0 Å². The molecule has 0 aliphatic rings. The van der Waals surface area contributed by atoms with Gasteiger partial charge in [-0.05, 0) is 5.92 Å². The number of terminal acetylenes is 1. The highest BCUT2D eigenvalue weighted by Gasteiger charge is 2.03. The summed E-state index contributed by atoms with van der Waals surface area (Å²) in [5.74, 6) is 3.19. The van der Waals surface area contributed by atoms with Crippen molar-refractivity contribution in [1.29, 1.82) is 0 Å². The van der Waals surface area contributed by atoms with Gasteiger partial charge < -0.3 is 4.57 Å². The normalized spacial score (nSPS) is 9.71. The van der Waals surface area contributed by atoms with E-state index in [1.807, 2.05) is 48.1 Å². The first-order valence-electron chi connectivity index (χ1n) is 4.36. The van der Waals surface area contributed by atoms with Gasteiger partial charge in [-0.1, -0.05) is 30.3 Å². The summed E-state index contributed by atoms with van der Waals surface area (Å²) in [5, 5.41) is 0. The number of imidazole rings is 1. The summed E-state index contributed by atoms with van der Waals surface area (Å²) < 4.78 is 1.85. The third-order valence-corrected chi connectivity index (χ3v) is 2.08. The Labute approximate surface area is 83.2 Å². The van der Waals surface area contributed by atoms with Crippen LogP contribution in [0.5, 0.6) is 0 Å². The van der Waals surface area contributed by atoms with E-state index >= 15 is 0 Å². The van der Waals surface area contributed by atoms with Gasteiger partial charge in [0.25, 0.3) is 0 Å². The zero-order chi connectivity index (χ0) is 9.97. The van der Waals surface area contributed by atoms with Crippen LogP contribution in [0.1, 0.15) is 5.82 Å². The molecule has 0 saturated heterocycles. The summed E-state index contributed by atoms with van der Waals surface area (Å²) in [6, 6.07) is 9.99. The van der Waals surface area contributed by atoms with Crippen molar-refractivity contribution < 1.29 is 0 Å². The highest BCUT2D eigenvalue weighted by Crippen LogP contribution is 2.16. The summed E-state index contributed by atoms with van der Waals surface area (Å²) in [4.78, 5) is 4.33. The van der Waals surface area contributed by atoms with Crippen LogP contribution in [0.2, 0.25) is 0 Å². The Bertz CT molecular complexity index is 475. The Hall–Kier alpha value is -2.01. The molecule has 68 valence electrons. The van der Waals surface area contributed by atoms with Crippen LogP contribution < -0.4 is 0 Å². The quantitative estimate of drug-likeness (QED) is 0.617. The molecule has 0 aliphatic carbocycles. The van der Waals surface area contributed by atoms with E-state index in [1.54, 1.807) is 0 Å². The van der Waals surface area contributed by atoms with Crippen molar-refractivity contribution in [3.63, 3.8) is 0 Å². The molecule has 0 N–H and O–H groups in total. The van der Waals surface area contributed by atoms with Crippen molar-refractivity contribution in [1.82, 2.24) is 9.55 Å². The second-order valence-corrected chi connectivity index (χ2v) is 3.07. The molecule has 2 rings (SSSR count). The maximum absolute atomic E-state index is 5.31. The minimum atomic E-state index is 0.656. The fourth-order valence-corrected chi connectivity index (χ4v) is 1.35. The molecule has 0 radical (unpaired) electrons. The fraction of sp³-hybridized carbons (Fsp3) is 0.0833. The van der Waals surface area contributed by atoms with Crippen LogP contribution in [0.3, 0.4) is 0 Å². The van der Waals surface area contributed by atoms with Gasteiger partial charge in [-0.25, -0.2) is 4.98 Å². The Morgan fingerprint density at radius 1 is 1.29 bits per heavy atom. The van der Waals surface area contributed by atoms with Gasteiger partial charge in [-0.3, -0.25) is 0 Å². The number of hydrogen-bond donors (Lipinski definition) is 0. The lowest BCUT2D eigenvalue weighted by Gasteiger charge is -1.92. The first kappa shape index (κ1) is 8.58. The lowest BCUT2D eigenvalue weighted by atomic mass is 10.2. The van der Waals surface area contributed by atoms with E-state index in [9.17, 15) is 0 Å². The van der Waals surface area contributed by atoms with Crippen molar-refractivity contribution in [2.45, 2.75) is 0 Å². The van der Waals surface area contributed by atoms with E-state index in [2.05, 4.69) is 10.9 Å². The van der Waals surface area contributed by atoms with Gasteiger partial charge in [-0.2, -0.15) is 0 Å². The molecule has 0 saturated carbocycles. The second kappa shape index (κ2) is 3.39. The monoisotopic (exact) mass is 182 g/mol. The van der Waals surface area contributed by atoms with Gasteiger partial charge in [-0.15, -0.1) is 6.42 Å². The predicted molar refractivity (Wildman–Crippen MR) is 56.6 cm³/mol. The minimum absolute atomic E-state index is 0.656. The molecular weight excluding hydrogens is 172 g/mol. The zero-order valence-electron chi connectivity index (χ0n) is 7.94. The molecule has 14 heavy (non-hydrogen) atoms. The van der Waals surface area contributed by atoms with Crippen LogP contribution in [-0.4, -0.2) is 9.55 Å². The lowest BCUT2D eigenvalue weighted by molar-refractivity contribution is 0.894. The molecule has 0 fully saturated rings. The average Bonchev–Trinajstić information content (AvgIpc) is 2.61. The molecule has 0 aliphatic heterocycles. The summed E-state index contributed by atoms with van der Waals surface area (Å²) in [5.41, 5.74) is 2.01. The molecule has 0 atom stereocenters. The summed E-state index contributed by atoms with van der Waals surface area (Å²) in [6.45, 7) is 0. The van der Waals surface area contributed by atoms with Crippen LogP contribution in [0.15, 0.2) is 36.5 Å². The van der Waals surface area contributed by atoms with Crippen LogP contribution in [0.25, 0.3) is 11.3 Å². The van der Waals surface area contributed by atoms with Gasteiger partial charge >= 0.3 is 0 Å². The largest absolute Gasteiger partial charge is 0.327 e. The first-order chi connectivity index (χ1) is 6.81. The van der Waals surface area contributed by atoms with E-state index in [-0.39, 0.29) is 0 Å². The Morgan fingerprint density at radius 3 is 2.57 bits per heavy atom. The fourth-order valence-electron chi connectivity index (χ4n) is 1.35. The molecule has 2 nitrogen and oxygen atoms in total. The zero-order valence-corrected chi connectivity index (χ0v) is 7.94. The van der Waals surface area contributed by atoms with Gasteiger partial charge in [0.2, 0.25) is 0 Å². The molecule has 0 unspecified atom stereocenters.